The number of rotatable bonds is 2. The van der Waals surface area contributed by atoms with Gasteiger partial charge in [0.15, 0.2) is 9.63 Å². The maximum atomic E-state index is 11.9. The number of aliphatic imine (C=N–C) groups is 1. The lowest BCUT2D eigenvalue weighted by Gasteiger charge is -1.94. The Hall–Kier alpha value is -1.63. The zero-order chi connectivity index (χ0) is 13.9. The fourth-order valence-corrected chi connectivity index (χ4v) is 3.37. The predicted octanol–water partition coefficient (Wildman–Crippen LogP) is 3.69. The van der Waals surface area contributed by atoms with Crippen molar-refractivity contribution in [3.8, 4) is 0 Å². The molecule has 0 radical (unpaired) electrons. The van der Waals surface area contributed by atoms with E-state index in [-0.39, 0.29) is 5.91 Å². The van der Waals surface area contributed by atoms with Gasteiger partial charge in [0.1, 0.15) is 0 Å². The molecule has 0 aliphatic carbocycles. The van der Waals surface area contributed by atoms with Gasteiger partial charge in [0, 0.05) is 11.1 Å². The summed E-state index contributed by atoms with van der Waals surface area (Å²) in [5, 5.41) is 3.31. The number of halogens is 1. The molecule has 1 fully saturated rings. The first kappa shape index (κ1) is 13.4. The Balaban J connectivity index is 1.82. The predicted molar refractivity (Wildman–Crippen MR) is 84.4 cm³/mol. The molecule has 0 unspecified atom stereocenters. The van der Waals surface area contributed by atoms with E-state index in [2.05, 4.69) is 15.3 Å². The maximum absolute atomic E-state index is 11.9. The van der Waals surface area contributed by atoms with E-state index in [4.69, 9.17) is 11.6 Å². The number of hydrogen-bond donors (Lipinski definition) is 1. The minimum absolute atomic E-state index is 0.158. The summed E-state index contributed by atoms with van der Waals surface area (Å²) >= 11 is 8.40. The van der Waals surface area contributed by atoms with Crippen LogP contribution in [0.3, 0.4) is 0 Å². The molecular formula is C13H8ClN3OS2. The number of thiazole rings is 1. The lowest BCUT2D eigenvalue weighted by Crippen LogP contribution is -2.19. The Labute approximate surface area is 128 Å². The Morgan fingerprint density at radius 2 is 2.10 bits per heavy atom. The summed E-state index contributed by atoms with van der Waals surface area (Å²) < 4.78 is 0.457. The van der Waals surface area contributed by atoms with E-state index in [0.717, 1.165) is 10.6 Å². The van der Waals surface area contributed by atoms with Crippen molar-refractivity contribution in [2.24, 2.45) is 4.99 Å². The van der Waals surface area contributed by atoms with Crippen LogP contribution in [0.4, 0.5) is 5.69 Å². The monoisotopic (exact) mass is 321 g/mol. The zero-order valence-electron chi connectivity index (χ0n) is 10.0. The molecule has 1 aliphatic rings. The van der Waals surface area contributed by atoms with E-state index in [1.807, 2.05) is 30.3 Å². The minimum atomic E-state index is -0.158. The number of nitrogens with zero attached hydrogens (tertiary/aromatic N) is 2. The summed E-state index contributed by atoms with van der Waals surface area (Å²) in [5.74, 6) is -0.158. The highest BCUT2D eigenvalue weighted by Crippen LogP contribution is 2.29. The van der Waals surface area contributed by atoms with Gasteiger partial charge < -0.3 is 5.32 Å². The van der Waals surface area contributed by atoms with E-state index in [0.29, 0.717) is 14.5 Å². The number of hydrogen-bond acceptors (Lipinski definition) is 5. The van der Waals surface area contributed by atoms with Crippen LogP contribution >= 0.6 is 34.7 Å². The molecule has 2 heterocycles. The SMILES string of the molecule is O=C1NC(=Nc2ccccc2)SC1=Cc1cnc(Cl)s1. The van der Waals surface area contributed by atoms with Crippen molar-refractivity contribution in [1.82, 2.24) is 10.3 Å². The van der Waals surface area contributed by atoms with Crippen LogP contribution in [0.5, 0.6) is 0 Å². The van der Waals surface area contributed by atoms with Gasteiger partial charge in [0.2, 0.25) is 0 Å². The highest BCUT2D eigenvalue weighted by molar-refractivity contribution is 8.18. The first-order chi connectivity index (χ1) is 9.70. The van der Waals surface area contributed by atoms with Gasteiger partial charge in [-0.15, -0.1) is 11.3 Å². The molecule has 1 aromatic carbocycles. The molecule has 0 saturated carbocycles. The average Bonchev–Trinajstić information content (AvgIpc) is 2.98. The van der Waals surface area contributed by atoms with Crippen molar-refractivity contribution in [3.63, 3.8) is 0 Å². The van der Waals surface area contributed by atoms with Gasteiger partial charge in [-0.3, -0.25) is 4.79 Å². The lowest BCUT2D eigenvalue weighted by atomic mass is 10.3. The summed E-state index contributed by atoms with van der Waals surface area (Å²) in [6.45, 7) is 0. The number of benzene rings is 1. The molecule has 1 saturated heterocycles. The average molecular weight is 322 g/mol. The number of nitrogens with one attached hydrogen (secondary N) is 1. The van der Waals surface area contributed by atoms with Gasteiger partial charge in [-0.25, -0.2) is 9.98 Å². The highest BCUT2D eigenvalue weighted by Gasteiger charge is 2.24. The summed E-state index contributed by atoms with van der Waals surface area (Å²) in [7, 11) is 0. The van der Waals surface area contributed by atoms with Crippen LogP contribution in [0, 0.1) is 0 Å². The quantitative estimate of drug-likeness (QED) is 0.858. The third-order valence-electron chi connectivity index (χ3n) is 2.41. The maximum Gasteiger partial charge on any atom is 0.264 e. The van der Waals surface area contributed by atoms with Gasteiger partial charge in [-0.05, 0) is 30.0 Å². The fraction of sp³-hybridized carbons (Fsp3) is 0. The lowest BCUT2D eigenvalue weighted by molar-refractivity contribution is -0.115. The summed E-state index contributed by atoms with van der Waals surface area (Å²) in [4.78, 5) is 21.6. The van der Waals surface area contributed by atoms with Crippen LogP contribution in [0.15, 0.2) is 46.4 Å². The van der Waals surface area contributed by atoms with Crippen molar-refractivity contribution in [2.75, 3.05) is 0 Å². The van der Waals surface area contributed by atoms with Crippen molar-refractivity contribution in [1.29, 1.82) is 0 Å². The minimum Gasteiger partial charge on any atom is -0.300 e. The first-order valence-corrected chi connectivity index (χ1v) is 7.68. The molecular weight excluding hydrogens is 314 g/mol. The van der Waals surface area contributed by atoms with Crippen LogP contribution in [0.2, 0.25) is 4.47 Å². The molecule has 3 rings (SSSR count). The largest absolute Gasteiger partial charge is 0.300 e. The Morgan fingerprint density at radius 1 is 1.30 bits per heavy atom. The first-order valence-electron chi connectivity index (χ1n) is 5.67. The van der Waals surface area contributed by atoms with E-state index in [9.17, 15) is 4.79 Å². The molecule has 7 heteroatoms. The number of carbonyl (C=O) groups is 1. The molecule has 1 aromatic heterocycles. The summed E-state index contributed by atoms with van der Waals surface area (Å²) in [6.07, 6.45) is 3.40. The number of aromatic nitrogens is 1. The van der Waals surface area contributed by atoms with Gasteiger partial charge in [-0.2, -0.15) is 0 Å². The van der Waals surface area contributed by atoms with Crippen LogP contribution in [0.25, 0.3) is 6.08 Å². The normalized spacial score (nSPS) is 18.8. The second kappa shape index (κ2) is 5.78. The Morgan fingerprint density at radius 3 is 2.80 bits per heavy atom. The van der Waals surface area contributed by atoms with Crippen LogP contribution in [-0.4, -0.2) is 16.1 Å². The smallest absolute Gasteiger partial charge is 0.264 e. The fourth-order valence-electron chi connectivity index (χ4n) is 1.56. The second-order valence-corrected chi connectivity index (χ2v) is 6.51. The number of para-hydroxylation sites is 1. The third-order valence-corrected chi connectivity index (χ3v) is 4.38. The van der Waals surface area contributed by atoms with E-state index in [1.54, 1.807) is 12.3 Å². The number of thioether (sulfide) groups is 1. The molecule has 4 nitrogen and oxygen atoms in total. The van der Waals surface area contributed by atoms with Gasteiger partial charge in [-0.1, -0.05) is 29.8 Å². The molecule has 0 bridgehead atoms. The number of carbonyl (C=O) groups excluding carboxylic acids is 1. The molecule has 100 valence electrons. The van der Waals surface area contributed by atoms with E-state index in [1.165, 1.54) is 23.1 Å². The van der Waals surface area contributed by atoms with Gasteiger partial charge in [0.25, 0.3) is 5.91 Å². The third kappa shape index (κ3) is 3.09. The van der Waals surface area contributed by atoms with Gasteiger partial charge >= 0.3 is 0 Å². The molecule has 1 aliphatic heterocycles. The molecule has 1 amide bonds. The van der Waals surface area contributed by atoms with Crippen molar-refractivity contribution >= 4 is 57.5 Å². The van der Waals surface area contributed by atoms with Crippen molar-refractivity contribution in [3.05, 3.63) is 50.8 Å². The summed E-state index contributed by atoms with van der Waals surface area (Å²) in [5.41, 5.74) is 0.803. The topological polar surface area (TPSA) is 54.4 Å². The van der Waals surface area contributed by atoms with Crippen LogP contribution < -0.4 is 5.32 Å². The van der Waals surface area contributed by atoms with Crippen molar-refractivity contribution < 1.29 is 4.79 Å². The second-order valence-electron chi connectivity index (χ2n) is 3.83. The molecule has 0 spiro atoms. The van der Waals surface area contributed by atoms with Crippen molar-refractivity contribution in [2.45, 2.75) is 0 Å². The number of amides is 1. The van der Waals surface area contributed by atoms with Crippen LogP contribution in [-0.2, 0) is 4.79 Å². The zero-order valence-corrected chi connectivity index (χ0v) is 12.4. The van der Waals surface area contributed by atoms with E-state index >= 15 is 0 Å². The molecule has 1 N–H and O–H groups in total. The highest BCUT2D eigenvalue weighted by atomic mass is 35.5. The van der Waals surface area contributed by atoms with E-state index < -0.39 is 0 Å². The molecule has 2 aromatic rings. The molecule has 0 atom stereocenters. The standard InChI is InChI=1S/C13H8ClN3OS2/c14-12-15-7-9(19-12)6-10-11(18)17-13(20-10)16-8-4-2-1-3-5-8/h1-7H,(H,16,17,18). The molecule has 20 heavy (non-hydrogen) atoms. The Kier molecular flexibility index (Phi) is 3.86. The Bertz CT molecular complexity index is 709. The van der Waals surface area contributed by atoms with Gasteiger partial charge in [0.05, 0.1) is 10.6 Å². The van der Waals surface area contributed by atoms with Crippen LogP contribution in [0.1, 0.15) is 4.88 Å². The number of amidine groups is 1. The summed E-state index contributed by atoms with van der Waals surface area (Å²) in [6, 6.07) is 9.48.